The number of Topliss-reactive ketones (excluding diaryl/α,β-unsaturated/α-hetero) is 2. The average molecular weight is 607 g/mol. The van der Waals surface area contributed by atoms with Crippen LogP contribution in [0.5, 0.6) is 0 Å². The van der Waals surface area contributed by atoms with Crippen LogP contribution in [0.3, 0.4) is 0 Å². The maximum Gasteiger partial charge on any atom is 0.471 e. The molecule has 0 radical (unpaired) electrons. The summed E-state index contributed by atoms with van der Waals surface area (Å²) in [7, 11) is 0. The Morgan fingerprint density at radius 1 is 0.953 bits per heavy atom. The molecule has 242 valence electrons. The molecule has 2 saturated carbocycles. The zero-order valence-electron chi connectivity index (χ0n) is 27.8. The molecule has 0 saturated heterocycles. The molecule has 3 rings (SSSR count). The molecular formula is C35H53F3N2O3. The highest BCUT2D eigenvalue weighted by Crippen LogP contribution is 2.69. The highest BCUT2D eigenvalue weighted by atomic mass is 19.4. The monoisotopic (exact) mass is 606 g/mol. The second kappa shape index (κ2) is 11.6. The van der Waals surface area contributed by atoms with E-state index in [0.717, 1.165) is 44.9 Å². The number of rotatable bonds is 5. The fourth-order valence-corrected chi connectivity index (χ4v) is 9.31. The number of halogens is 3. The number of fused-ring (bicyclic) bond motifs is 1. The van der Waals surface area contributed by atoms with E-state index in [1.807, 2.05) is 26.8 Å². The maximum atomic E-state index is 13.3. The van der Waals surface area contributed by atoms with Crippen molar-refractivity contribution in [1.82, 2.24) is 5.32 Å². The summed E-state index contributed by atoms with van der Waals surface area (Å²) < 4.78 is 39.3. The van der Waals surface area contributed by atoms with Crippen molar-refractivity contribution in [2.24, 2.45) is 44.3 Å². The molecule has 0 aromatic heterocycles. The predicted octanol–water partition coefficient (Wildman–Crippen LogP) is 8.52. The van der Waals surface area contributed by atoms with E-state index < -0.39 is 28.3 Å². The van der Waals surface area contributed by atoms with Gasteiger partial charge in [-0.3, -0.25) is 9.59 Å². The first-order valence-corrected chi connectivity index (χ1v) is 16.0. The Kier molecular flexibility index (Phi) is 9.56. The van der Waals surface area contributed by atoms with Crippen LogP contribution >= 0.6 is 0 Å². The van der Waals surface area contributed by atoms with Crippen molar-refractivity contribution in [2.45, 2.75) is 133 Å². The molecule has 0 unspecified atom stereocenters. The smallest absolute Gasteiger partial charge is 0.348 e. The lowest BCUT2D eigenvalue weighted by Crippen LogP contribution is -2.60. The molecule has 8 heteroatoms. The van der Waals surface area contributed by atoms with Gasteiger partial charge in [0.1, 0.15) is 11.9 Å². The number of allylic oxidation sites excluding steroid dienone is 2. The van der Waals surface area contributed by atoms with Crippen molar-refractivity contribution >= 4 is 17.5 Å². The van der Waals surface area contributed by atoms with E-state index in [0.29, 0.717) is 19.3 Å². The molecule has 0 aliphatic heterocycles. The lowest BCUT2D eigenvalue weighted by Gasteiger charge is -2.65. The van der Waals surface area contributed by atoms with Gasteiger partial charge in [-0.05, 0) is 97.2 Å². The first kappa shape index (κ1) is 35.3. The second-order valence-corrected chi connectivity index (χ2v) is 16.6. The van der Waals surface area contributed by atoms with Gasteiger partial charge in [0.25, 0.3) is 0 Å². The van der Waals surface area contributed by atoms with E-state index >= 15 is 0 Å². The third kappa shape index (κ3) is 6.76. The van der Waals surface area contributed by atoms with Crippen LogP contribution in [0.2, 0.25) is 0 Å². The van der Waals surface area contributed by atoms with Crippen molar-refractivity contribution in [3.63, 3.8) is 0 Å². The molecule has 43 heavy (non-hydrogen) atoms. The molecule has 6 atom stereocenters. The molecule has 3 aliphatic carbocycles. The SMILES string of the molecule is CC(=O)C[C@@H]1[C@@]2(C)C=C(C#N)C(=O)C(C)(C)[C@@H]2CC[C@@]1(C)[C@@]1(C)CCCC(C)(C)CC[C@](C)(CNC(=O)C(F)(F)F)CC1. The standard InChI is InChI=1S/C35H53F3N2O3/c1-23(41)19-26-33(8)20-24(21-39)27(42)30(4,5)25(33)11-14-34(26,9)32(7)13-10-12-29(2,3)15-16-31(6,17-18-32)22-40-28(43)35(36,37)38/h20,25-26H,10-19,22H2,1-9H3,(H,40,43)/t25-,26+,31-,32-,33-,34+/m0/s1. The molecule has 3 aliphatic rings. The van der Waals surface area contributed by atoms with Crippen molar-refractivity contribution in [2.75, 3.05) is 6.54 Å². The Balaban J connectivity index is 2.10. The number of carbonyl (C=O) groups is 3. The lowest BCUT2D eigenvalue weighted by molar-refractivity contribution is -0.174. The van der Waals surface area contributed by atoms with Gasteiger partial charge in [-0.1, -0.05) is 67.9 Å². The van der Waals surface area contributed by atoms with Crippen molar-refractivity contribution in [3.05, 3.63) is 11.6 Å². The first-order chi connectivity index (χ1) is 19.5. The van der Waals surface area contributed by atoms with E-state index in [-0.39, 0.29) is 51.8 Å². The van der Waals surface area contributed by atoms with E-state index in [1.54, 1.807) is 6.92 Å². The summed E-state index contributed by atoms with van der Waals surface area (Å²) in [5, 5.41) is 12.1. The number of ketones is 2. The zero-order valence-corrected chi connectivity index (χ0v) is 27.8. The van der Waals surface area contributed by atoms with Crippen molar-refractivity contribution < 1.29 is 27.6 Å². The Hall–Kier alpha value is -2.17. The summed E-state index contributed by atoms with van der Waals surface area (Å²) in [6, 6.07) is 2.16. The van der Waals surface area contributed by atoms with Crippen LogP contribution in [0.1, 0.15) is 127 Å². The molecular weight excluding hydrogens is 553 g/mol. The van der Waals surface area contributed by atoms with Gasteiger partial charge in [0.2, 0.25) is 0 Å². The Bertz CT molecular complexity index is 1200. The molecule has 2 fully saturated rings. The van der Waals surface area contributed by atoms with Crippen LogP contribution in [-0.4, -0.2) is 30.2 Å². The van der Waals surface area contributed by atoms with E-state index in [4.69, 9.17) is 0 Å². The highest BCUT2D eigenvalue weighted by Gasteiger charge is 2.64. The minimum Gasteiger partial charge on any atom is -0.348 e. The Morgan fingerprint density at radius 2 is 1.56 bits per heavy atom. The van der Waals surface area contributed by atoms with Gasteiger partial charge in [0, 0.05) is 18.4 Å². The summed E-state index contributed by atoms with van der Waals surface area (Å²) >= 11 is 0. The molecule has 5 nitrogen and oxygen atoms in total. The van der Waals surface area contributed by atoms with Crippen LogP contribution in [-0.2, 0) is 14.4 Å². The number of hydrogen-bond donors (Lipinski definition) is 1. The summed E-state index contributed by atoms with van der Waals surface area (Å²) in [5.41, 5.74) is -2.25. The third-order valence-corrected chi connectivity index (χ3v) is 12.6. The number of carbonyl (C=O) groups excluding carboxylic acids is 3. The van der Waals surface area contributed by atoms with Gasteiger partial charge in [-0.2, -0.15) is 18.4 Å². The zero-order chi connectivity index (χ0) is 32.9. The van der Waals surface area contributed by atoms with Crippen LogP contribution in [0, 0.1) is 55.7 Å². The predicted molar refractivity (Wildman–Crippen MR) is 162 cm³/mol. The summed E-state index contributed by atoms with van der Waals surface area (Å²) in [4.78, 5) is 38.1. The summed E-state index contributed by atoms with van der Waals surface area (Å²) in [6.07, 6.45) is 4.72. The minimum absolute atomic E-state index is 0.00489. The van der Waals surface area contributed by atoms with Gasteiger partial charge in [-0.15, -0.1) is 0 Å². The van der Waals surface area contributed by atoms with Gasteiger partial charge in [0.05, 0.1) is 5.57 Å². The number of nitrogens with one attached hydrogen (secondary N) is 1. The van der Waals surface area contributed by atoms with Crippen LogP contribution in [0.25, 0.3) is 0 Å². The lowest BCUT2D eigenvalue weighted by atomic mass is 9.38. The topological polar surface area (TPSA) is 87.0 Å². The quantitative estimate of drug-likeness (QED) is 0.340. The van der Waals surface area contributed by atoms with Gasteiger partial charge >= 0.3 is 12.1 Å². The molecule has 0 aromatic rings. The molecule has 0 aromatic carbocycles. The van der Waals surface area contributed by atoms with Gasteiger partial charge in [0.15, 0.2) is 5.78 Å². The fourth-order valence-electron chi connectivity index (χ4n) is 9.31. The molecule has 1 amide bonds. The van der Waals surface area contributed by atoms with Crippen LogP contribution < -0.4 is 5.32 Å². The Labute approximate surface area is 256 Å². The van der Waals surface area contributed by atoms with Crippen molar-refractivity contribution in [1.29, 1.82) is 5.26 Å². The van der Waals surface area contributed by atoms with E-state index in [9.17, 15) is 32.8 Å². The van der Waals surface area contributed by atoms with Crippen LogP contribution in [0.4, 0.5) is 13.2 Å². The molecule has 0 bridgehead atoms. The molecule has 0 heterocycles. The summed E-state index contributed by atoms with van der Waals surface area (Å²) in [5.74, 6) is -2.10. The normalized spacial score (nSPS) is 38.2. The van der Waals surface area contributed by atoms with Gasteiger partial charge in [-0.25, -0.2) is 0 Å². The second-order valence-electron chi connectivity index (χ2n) is 16.6. The van der Waals surface area contributed by atoms with E-state index in [1.165, 1.54) is 0 Å². The van der Waals surface area contributed by atoms with Gasteiger partial charge < -0.3 is 10.1 Å². The number of alkyl halides is 3. The summed E-state index contributed by atoms with van der Waals surface area (Å²) in [6.45, 7) is 18.6. The minimum atomic E-state index is -4.92. The number of amides is 1. The highest BCUT2D eigenvalue weighted by molar-refractivity contribution is 6.04. The van der Waals surface area contributed by atoms with Crippen LogP contribution in [0.15, 0.2) is 11.6 Å². The number of nitriles is 1. The first-order valence-electron chi connectivity index (χ1n) is 16.0. The molecule has 0 spiro atoms. The van der Waals surface area contributed by atoms with E-state index in [2.05, 4.69) is 46.0 Å². The maximum absolute atomic E-state index is 13.3. The number of nitrogens with zero attached hydrogens (tertiary/aromatic N) is 1. The fraction of sp³-hybridized carbons (Fsp3) is 0.829. The number of hydrogen-bond acceptors (Lipinski definition) is 4. The largest absolute Gasteiger partial charge is 0.471 e. The molecule has 1 N–H and O–H groups in total. The third-order valence-electron chi connectivity index (χ3n) is 12.6. The Morgan fingerprint density at radius 3 is 2.12 bits per heavy atom. The average Bonchev–Trinajstić information content (AvgIpc) is 2.88. The van der Waals surface area contributed by atoms with Crippen molar-refractivity contribution in [3.8, 4) is 6.07 Å².